The van der Waals surface area contributed by atoms with Gasteiger partial charge >= 0.3 is 0 Å². The molecule has 2 aliphatic rings. The molecule has 3 nitrogen and oxygen atoms in total. The number of piperidine rings is 1. The number of hydrogen-bond acceptors (Lipinski definition) is 3. The summed E-state index contributed by atoms with van der Waals surface area (Å²) in [5, 5.41) is 0. The number of para-hydroxylation sites is 1. The van der Waals surface area contributed by atoms with Crippen LogP contribution in [0, 0.1) is 17.6 Å². The van der Waals surface area contributed by atoms with Crippen LogP contribution in [-0.4, -0.2) is 42.6 Å². The molecule has 0 aromatic heterocycles. The summed E-state index contributed by atoms with van der Waals surface area (Å²) in [6, 6.07) is 23.6. The molecule has 2 saturated heterocycles. The lowest BCUT2D eigenvalue weighted by molar-refractivity contribution is 0.100. The first-order chi connectivity index (χ1) is 16.1. The van der Waals surface area contributed by atoms with Crippen molar-refractivity contribution in [2.75, 3.05) is 26.7 Å². The van der Waals surface area contributed by atoms with E-state index in [2.05, 4.69) is 40.1 Å². The van der Waals surface area contributed by atoms with Crippen molar-refractivity contribution in [3.05, 3.63) is 101 Å². The van der Waals surface area contributed by atoms with Crippen molar-refractivity contribution < 1.29 is 13.5 Å². The average molecular weight is 449 g/mol. The average Bonchev–Trinajstić information content (AvgIpc) is 3.19. The quantitative estimate of drug-likeness (QED) is 0.498. The van der Waals surface area contributed by atoms with Gasteiger partial charge in [-0.2, -0.15) is 0 Å². The van der Waals surface area contributed by atoms with Gasteiger partial charge in [-0.15, -0.1) is 0 Å². The molecule has 0 N–H and O–H groups in total. The summed E-state index contributed by atoms with van der Waals surface area (Å²) < 4.78 is 33.3. The number of fused-ring (bicyclic) bond motifs is 1. The van der Waals surface area contributed by atoms with Crippen LogP contribution in [0.5, 0.6) is 5.75 Å². The molecule has 0 amide bonds. The third-order valence-corrected chi connectivity index (χ3v) is 7.31. The Morgan fingerprint density at radius 2 is 1.67 bits per heavy atom. The number of ether oxygens (including phenoxy) is 1. The van der Waals surface area contributed by atoms with Crippen molar-refractivity contribution in [2.24, 2.45) is 5.92 Å². The van der Waals surface area contributed by atoms with E-state index >= 15 is 0 Å². The molecule has 2 aliphatic heterocycles. The van der Waals surface area contributed by atoms with E-state index in [1.54, 1.807) is 13.2 Å². The second kappa shape index (κ2) is 9.62. The van der Waals surface area contributed by atoms with Crippen molar-refractivity contribution in [3.63, 3.8) is 0 Å². The topological polar surface area (TPSA) is 15.7 Å². The Hall–Kier alpha value is -2.76. The van der Waals surface area contributed by atoms with Gasteiger partial charge in [0.1, 0.15) is 5.75 Å². The van der Waals surface area contributed by atoms with Crippen LogP contribution < -0.4 is 4.74 Å². The summed E-state index contributed by atoms with van der Waals surface area (Å²) >= 11 is 0. The van der Waals surface area contributed by atoms with Crippen molar-refractivity contribution in [3.8, 4) is 5.75 Å². The molecule has 0 saturated carbocycles. The van der Waals surface area contributed by atoms with Crippen LogP contribution in [0.25, 0.3) is 0 Å². The molecular weight excluding hydrogens is 418 g/mol. The minimum Gasteiger partial charge on any atom is -0.496 e. The third-order valence-electron chi connectivity index (χ3n) is 7.31. The van der Waals surface area contributed by atoms with Crippen molar-refractivity contribution in [1.29, 1.82) is 0 Å². The lowest BCUT2D eigenvalue weighted by atomic mass is 9.81. The highest BCUT2D eigenvalue weighted by atomic mass is 19.2. The number of halogens is 2. The molecule has 5 heteroatoms. The molecule has 2 fully saturated rings. The molecule has 0 aliphatic carbocycles. The zero-order valence-electron chi connectivity index (χ0n) is 19.0. The van der Waals surface area contributed by atoms with Crippen LogP contribution in [0.15, 0.2) is 72.8 Å². The lowest BCUT2D eigenvalue weighted by Gasteiger charge is -2.39. The highest BCUT2D eigenvalue weighted by Gasteiger charge is 2.45. The largest absolute Gasteiger partial charge is 0.496 e. The summed E-state index contributed by atoms with van der Waals surface area (Å²) in [7, 11) is 1.71. The van der Waals surface area contributed by atoms with Crippen LogP contribution >= 0.6 is 0 Å². The predicted octanol–water partition coefficient (Wildman–Crippen LogP) is 5.46. The van der Waals surface area contributed by atoms with Gasteiger partial charge in [0, 0.05) is 43.7 Å². The first-order valence-corrected chi connectivity index (χ1v) is 11.7. The van der Waals surface area contributed by atoms with Gasteiger partial charge in [0.25, 0.3) is 0 Å². The van der Waals surface area contributed by atoms with E-state index in [4.69, 9.17) is 4.74 Å². The maximum absolute atomic E-state index is 14.1. The van der Waals surface area contributed by atoms with Crippen molar-refractivity contribution in [2.45, 2.75) is 31.5 Å². The highest BCUT2D eigenvalue weighted by molar-refractivity contribution is 5.33. The number of likely N-dealkylation sites (tertiary alicyclic amines) is 2. The molecule has 0 spiro atoms. The molecule has 172 valence electrons. The molecule has 3 aromatic carbocycles. The minimum atomic E-state index is -0.782. The van der Waals surface area contributed by atoms with Gasteiger partial charge in [-0.1, -0.05) is 54.6 Å². The SMILES string of the molecule is COc1ccccc1CN1CC[C@H]2[C@@H](C1)[C@H](c1ccc(F)c(F)c1)CN2Cc1ccccc1. The maximum atomic E-state index is 14.1. The Morgan fingerprint density at radius 1 is 0.879 bits per heavy atom. The Kier molecular flexibility index (Phi) is 6.43. The number of nitrogens with zero attached hydrogens (tertiary/aromatic N) is 2. The summed E-state index contributed by atoms with van der Waals surface area (Å²) in [4.78, 5) is 5.03. The maximum Gasteiger partial charge on any atom is 0.159 e. The second-order valence-corrected chi connectivity index (χ2v) is 9.26. The summed E-state index contributed by atoms with van der Waals surface area (Å²) in [6.45, 7) is 4.51. The molecular formula is C28H30F2N2O. The normalized spacial score (nSPS) is 23.4. The van der Waals surface area contributed by atoms with Gasteiger partial charge in [-0.3, -0.25) is 9.80 Å². The molecule has 3 aromatic rings. The third kappa shape index (κ3) is 4.66. The van der Waals surface area contributed by atoms with Gasteiger partial charge in [-0.05, 0) is 48.2 Å². The van der Waals surface area contributed by atoms with E-state index in [0.29, 0.717) is 12.0 Å². The molecule has 2 heterocycles. The first-order valence-electron chi connectivity index (χ1n) is 11.7. The number of methoxy groups -OCH3 is 1. The van der Waals surface area contributed by atoms with Gasteiger partial charge in [-0.25, -0.2) is 8.78 Å². The fraction of sp³-hybridized carbons (Fsp3) is 0.357. The number of benzene rings is 3. The van der Waals surface area contributed by atoms with Gasteiger partial charge in [0.2, 0.25) is 0 Å². The van der Waals surface area contributed by atoms with Crippen LogP contribution in [0.1, 0.15) is 29.0 Å². The van der Waals surface area contributed by atoms with E-state index in [1.165, 1.54) is 23.3 Å². The molecule has 0 radical (unpaired) electrons. The van der Waals surface area contributed by atoms with E-state index in [1.807, 2.05) is 24.3 Å². The molecule has 0 unspecified atom stereocenters. The van der Waals surface area contributed by atoms with E-state index < -0.39 is 11.6 Å². The van der Waals surface area contributed by atoms with Gasteiger partial charge < -0.3 is 4.74 Å². The number of rotatable bonds is 6. The second-order valence-electron chi connectivity index (χ2n) is 9.26. The lowest BCUT2D eigenvalue weighted by Crippen LogP contribution is -2.46. The summed E-state index contributed by atoms with van der Waals surface area (Å²) in [5.74, 6) is -0.0895. The molecule has 33 heavy (non-hydrogen) atoms. The predicted molar refractivity (Wildman–Crippen MR) is 126 cm³/mol. The van der Waals surface area contributed by atoms with E-state index in [9.17, 15) is 8.78 Å². The Morgan fingerprint density at radius 3 is 2.45 bits per heavy atom. The smallest absolute Gasteiger partial charge is 0.159 e. The molecule has 5 rings (SSSR count). The van der Waals surface area contributed by atoms with Gasteiger partial charge in [0.05, 0.1) is 7.11 Å². The molecule has 0 bridgehead atoms. The summed E-state index contributed by atoms with van der Waals surface area (Å²) in [5.41, 5.74) is 3.37. The Labute approximate surface area is 194 Å². The Bertz CT molecular complexity index is 1090. The summed E-state index contributed by atoms with van der Waals surface area (Å²) in [6.07, 6.45) is 1.06. The fourth-order valence-electron chi connectivity index (χ4n) is 5.73. The zero-order chi connectivity index (χ0) is 22.8. The van der Waals surface area contributed by atoms with Crippen molar-refractivity contribution >= 4 is 0 Å². The Balaban J connectivity index is 1.40. The van der Waals surface area contributed by atoms with E-state index in [-0.39, 0.29) is 5.92 Å². The number of hydrogen-bond donors (Lipinski definition) is 0. The first kappa shape index (κ1) is 22.1. The molecule has 3 atom stereocenters. The van der Waals surface area contributed by atoms with Crippen LogP contribution in [0.3, 0.4) is 0 Å². The van der Waals surface area contributed by atoms with Crippen LogP contribution in [-0.2, 0) is 13.1 Å². The van der Waals surface area contributed by atoms with Crippen LogP contribution in [0.4, 0.5) is 8.78 Å². The zero-order valence-corrected chi connectivity index (χ0v) is 19.0. The highest BCUT2D eigenvalue weighted by Crippen LogP contribution is 2.43. The monoisotopic (exact) mass is 448 g/mol. The minimum absolute atomic E-state index is 0.175. The van der Waals surface area contributed by atoms with Gasteiger partial charge in [0.15, 0.2) is 11.6 Å². The van der Waals surface area contributed by atoms with E-state index in [0.717, 1.165) is 50.5 Å². The van der Waals surface area contributed by atoms with Crippen molar-refractivity contribution in [1.82, 2.24) is 9.80 Å². The van der Waals surface area contributed by atoms with Crippen LogP contribution in [0.2, 0.25) is 0 Å². The standard InChI is InChI=1S/C28H30F2N2O/c1-33-28-10-6-5-9-22(28)17-31-14-13-27-24(18-31)23(21-11-12-25(29)26(30)15-21)19-32(27)16-20-7-3-2-4-8-20/h2-12,15,23-24,27H,13-14,16-19H2,1H3/t23-,24-,27-/m0/s1. The fourth-order valence-corrected chi connectivity index (χ4v) is 5.73.